The predicted molar refractivity (Wildman–Crippen MR) is 244 cm³/mol. The smallest absolute Gasteiger partial charge is 0.220 e. The lowest BCUT2D eigenvalue weighted by Gasteiger charge is -2.40. The molecule has 0 aromatic heterocycles. The van der Waals surface area contributed by atoms with Gasteiger partial charge in [-0.2, -0.15) is 0 Å². The Morgan fingerprint density at radius 1 is 0.559 bits per heavy atom. The molecule has 7 atom stereocenters. The predicted octanol–water partition coefficient (Wildman–Crippen LogP) is 11.3. The fraction of sp³-hybridized carbons (Fsp3) is 0.940. The minimum atomic E-state index is -1.56. The number of ether oxygens (including phenoxy) is 2. The van der Waals surface area contributed by atoms with Crippen LogP contribution in [-0.2, 0) is 14.3 Å². The van der Waals surface area contributed by atoms with E-state index in [0.717, 1.165) is 38.5 Å². The van der Waals surface area contributed by atoms with E-state index in [1.165, 1.54) is 186 Å². The van der Waals surface area contributed by atoms with Crippen LogP contribution in [0.3, 0.4) is 0 Å². The van der Waals surface area contributed by atoms with E-state index in [1.807, 2.05) is 6.08 Å². The molecule has 1 aliphatic heterocycles. The first-order valence-electron chi connectivity index (χ1n) is 25.4. The number of allylic oxidation sites excluding steroid dienone is 1. The van der Waals surface area contributed by atoms with Crippen LogP contribution in [0.1, 0.15) is 245 Å². The van der Waals surface area contributed by atoms with Gasteiger partial charge in [0.2, 0.25) is 5.91 Å². The van der Waals surface area contributed by atoms with E-state index in [2.05, 4.69) is 19.2 Å². The number of amides is 1. The fourth-order valence-electron chi connectivity index (χ4n) is 8.28. The molecule has 0 radical (unpaired) electrons. The molecule has 1 amide bonds. The molecule has 0 saturated carbocycles. The second kappa shape index (κ2) is 41.0. The first kappa shape index (κ1) is 55.9. The summed E-state index contributed by atoms with van der Waals surface area (Å²) < 4.78 is 11.2. The molecule has 1 heterocycles. The third kappa shape index (κ3) is 31.4. The van der Waals surface area contributed by atoms with Crippen molar-refractivity contribution in [2.75, 3.05) is 13.2 Å². The third-order valence-corrected chi connectivity index (χ3v) is 12.4. The maximum absolute atomic E-state index is 13.0. The van der Waals surface area contributed by atoms with Crippen LogP contribution in [0.5, 0.6) is 0 Å². The van der Waals surface area contributed by atoms with Gasteiger partial charge < -0.3 is 40.3 Å². The zero-order chi connectivity index (χ0) is 43.0. The van der Waals surface area contributed by atoms with E-state index in [4.69, 9.17) is 9.47 Å². The number of hydrogen-bond donors (Lipinski definition) is 6. The number of aliphatic hydroxyl groups excluding tert-OH is 5. The molecule has 1 saturated heterocycles. The highest BCUT2D eigenvalue weighted by molar-refractivity contribution is 5.76. The van der Waals surface area contributed by atoms with Gasteiger partial charge in [-0.1, -0.05) is 231 Å². The summed E-state index contributed by atoms with van der Waals surface area (Å²) in [7, 11) is 0. The lowest BCUT2D eigenvalue weighted by molar-refractivity contribution is -0.302. The van der Waals surface area contributed by atoms with E-state index in [1.54, 1.807) is 6.08 Å². The number of carbonyl (C=O) groups is 1. The summed E-state index contributed by atoms with van der Waals surface area (Å²) in [5.41, 5.74) is 0. The van der Waals surface area contributed by atoms with Gasteiger partial charge in [0.1, 0.15) is 24.4 Å². The topological polar surface area (TPSA) is 149 Å². The van der Waals surface area contributed by atoms with Crippen molar-refractivity contribution >= 4 is 5.91 Å². The van der Waals surface area contributed by atoms with E-state index < -0.39 is 49.5 Å². The van der Waals surface area contributed by atoms with Crippen molar-refractivity contribution in [3.8, 4) is 0 Å². The largest absolute Gasteiger partial charge is 0.394 e. The van der Waals surface area contributed by atoms with Crippen molar-refractivity contribution in [3.05, 3.63) is 12.2 Å². The van der Waals surface area contributed by atoms with E-state index >= 15 is 0 Å². The van der Waals surface area contributed by atoms with Gasteiger partial charge in [0.25, 0.3) is 0 Å². The molecule has 0 aromatic carbocycles. The van der Waals surface area contributed by atoms with Gasteiger partial charge in [-0.15, -0.1) is 0 Å². The summed E-state index contributed by atoms with van der Waals surface area (Å²) in [5, 5.41) is 54.3. The number of hydrogen-bond acceptors (Lipinski definition) is 8. The van der Waals surface area contributed by atoms with Crippen LogP contribution in [0.25, 0.3) is 0 Å². The summed E-state index contributed by atoms with van der Waals surface area (Å²) in [6.45, 7) is 3.79. The van der Waals surface area contributed by atoms with Crippen molar-refractivity contribution < 1.29 is 39.8 Å². The normalized spacial score (nSPS) is 20.7. The standard InChI is InChI=1S/C50H97NO8/c1-3-5-7-9-11-13-15-17-18-19-20-21-22-23-24-25-26-28-30-32-34-36-38-40-46(54)51-43(42-58-50-49(57)48(56)47(55)45(41-52)59-50)44(53)39-37-35-33-31-29-27-16-14-12-10-8-6-4-2/h37,39,43-45,47-50,52-53,55-57H,3-36,38,40-42H2,1-2H3,(H,51,54)/b39-37+/t43-,44+,45+,47+,48?,49?,50+/m0/s1. The minimum Gasteiger partial charge on any atom is -0.394 e. The molecule has 2 unspecified atom stereocenters. The first-order chi connectivity index (χ1) is 28.8. The monoisotopic (exact) mass is 840 g/mol. The average Bonchev–Trinajstić information content (AvgIpc) is 3.23. The Labute approximate surface area is 363 Å². The van der Waals surface area contributed by atoms with Crippen molar-refractivity contribution in [2.24, 2.45) is 0 Å². The number of rotatable bonds is 43. The zero-order valence-electron chi connectivity index (χ0n) is 38.5. The first-order valence-corrected chi connectivity index (χ1v) is 25.4. The van der Waals surface area contributed by atoms with Crippen LogP contribution in [0.2, 0.25) is 0 Å². The second-order valence-corrected chi connectivity index (χ2v) is 18.0. The van der Waals surface area contributed by atoms with E-state index in [9.17, 15) is 30.3 Å². The van der Waals surface area contributed by atoms with Crippen LogP contribution in [0, 0.1) is 0 Å². The third-order valence-electron chi connectivity index (χ3n) is 12.4. The van der Waals surface area contributed by atoms with Crippen molar-refractivity contribution in [1.29, 1.82) is 0 Å². The maximum Gasteiger partial charge on any atom is 0.220 e. The van der Waals surface area contributed by atoms with Crippen LogP contribution in [0.4, 0.5) is 0 Å². The number of unbranched alkanes of at least 4 members (excludes halogenated alkanes) is 33. The van der Waals surface area contributed by atoms with Crippen molar-refractivity contribution in [2.45, 2.75) is 288 Å². The minimum absolute atomic E-state index is 0.172. The van der Waals surface area contributed by atoms with Crippen LogP contribution < -0.4 is 5.32 Å². The van der Waals surface area contributed by atoms with E-state index in [0.29, 0.717) is 6.42 Å². The SMILES string of the molecule is CCCCCCCCCCCCC/C=C/[C@@H](O)[C@H](CO[C@@H]1O[C@H](CO)[C@@H](O)C(O)C1O)NC(=O)CCCCCCCCCCCCCCCCCCCCCCCCC. The molecule has 350 valence electrons. The molecule has 59 heavy (non-hydrogen) atoms. The molecular weight excluding hydrogens is 743 g/mol. The van der Waals surface area contributed by atoms with Gasteiger partial charge in [-0.05, 0) is 19.3 Å². The zero-order valence-corrected chi connectivity index (χ0v) is 38.5. The lowest BCUT2D eigenvalue weighted by atomic mass is 9.99. The van der Waals surface area contributed by atoms with Crippen molar-refractivity contribution in [3.63, 3.8) is 0 Å². The Morgan fingerprint density at radius 3 is 1.32 bits per heavy atom. The average molecular weight is 840 g/mol. The molecule has 1 aliphatic rings. The highest BCUT2D eigenvalue weighted by Gasteiger charge is 2.44. The van der Waals surface area contributed by atoms with Gasteiger partial charge >= 0.3 is 0 Å². The van der Waals surface area contributed by atoms with Crippen LogP contribution >= 0.6 is 0 Å². The molecule has 9 heteroatoms. The highest BCUT2D eigenvalue weighted by Crippen LogP contribution is 2.23. The number of carbonyl (C=O) groups excluding carboxylic acids is 1. The van der Waals surface area contributed by atoms with Gasteiger partial charge in [-0.3, -0.25) is 4.79 Å². The molecule has 0 spiro atoms. The van der Waals surface area contributed by atoms with Crippen LogP contribution in [0.15, 0.2) is 12.2 Å². The highest BCUT2D eigenvalue weighted by atomic mass is 16.7. The Hall–Kier alpha value is -1.07. The quantitative estimate of drug-likeness (QED) is 0.0263. The number of nitrogens with one attached hydrogen (secondary N) is 1. The molecule has 0 aromatic rings. The lowest BCUT2D eigenvalue weighted by Crippen LogP contribution is -2.60. The summed E-state index contributed by atoms with van der Waals surface area (Å²) in [5.74, 6) is -0.172. The van der Waals surface area contributed by atoms with Gasteiger partial charge in [0, 0.05) is 6.42 Å². The Bertz CT molecular complexity index is 935. The molecule has 1 fully saturated rings. The fourth-order valence-corrected chi connectivity index (χ4v) is 8.28. The summed E-state index contributed by atoms with van der Waals surface area (Å²) >= 11 is 0. The van der Waals surface area contributed by atoms with E-state index in [-0.39, 0.29) is 12.5 Å². The summed E-state index contributed by atoms with van der Waals surface area (Å²) in [6, 6.07) is -0.798. The van der Waals surface area contributed by atoms with Gasteiger partial charge in [0.05, 0.1) is 25.4 Å². The summed E-state index contributed by atoms with van der Waals surface area (Å²) in [6.07, 6.45) is 41.2. The molecule has 0 aliphatic carbocycles. The Balaban J connectivity index is 2.24. The molecular formula is C50H97NO8. The Morgan fingerprint density at radius 2 is 0.932 bits per heavy atom. The molecule has 1 rings (SSSR count). The van der Waals surface area contributed by atoms with Crippen molar-refractivity contribution in [1.82, 2.24) is 5.32 Å². The Kier molecular flexibility index (Phi) is 38.9. The summed E-state index contributed by atoms with van der Waals surface area (Å²) in [4.78, 5) is 13.0. The number of aliphatic hydroxyl groups is 5. The van der Waals surface area contributed by atoms with Crippen LogP contribution in [-0.4, -0.2) is 87.5 Å². The van der Waals surface area contributed by atoms with Gasteiger partial charge in [0.15, 0.2) is 6.29 Å². The molecule has 6 N–H and O–H groups in total. The maximum atomic E-state index is 13.0. The molecule has 0 bridgehead atoms. The van der Waals surface area contributed by atoms with Gasteiger partial charge in [-0.25, -0.2) is 0 Å². The second-order valence-electron chi connectivity index (χ2n) is 18.0. The molecule has 9 nitrogen and oxygen atoms in total.